The maximum atomic E-state index is 12.5. The van der Waals surface area contributed by atoms with Crippen molar-refractivity contribution in [2.24, 2.45) is 0 Å². The maximum Gasteiger partial charge on any atom is 0.328 e. The van der Waals surface area contributed by atoms with Crippen LogP contribution >= 0.6 is 11.8 Å². The third kappa shape index (κ3) is 4.83. The van der Waals surface area contributed by atoms with Crippen LogP contribution < -0.4 is 10.9 Å². The number of hydrogen-bond donors (Lipinski definition) is 3. The van der Waals surface area contributed by atoms with E-state index in [1.54, 1.807) is 18.2 Å². The zero-order valence-electron chi connectivity index (χ0n) is 17.4. The molecule has 4 rings (SSSR count). The molecule has 0 aliphatic carbocycles. The quantitative estimate of drug-likeness (QED) is 0.355. The number of H-pyrrole nitrogens is 2. The molecular formula is C23H22N4O4S. The number of carbonyl (C=O) groups excluding carboxylic acids is 2. The van der Waals surface area contributed by atoms with Crippen LogP contribution in [0.5, 0.6) is 0 Å². The van der Waals surface area contributed by atoms with Crippen molar-refractivity contribution in [3.05, 3.63) is 76.5 Å². The highest BCUT2D eigenvalue weighted by Gasteiger charge is 2.23. The Labute approximate surface area is 187 Å². The summed E-state index contributed by atoms with van der Waals surface area (Å²) in [5.74, 6) is 0.161. The number of rotatable bonds is 8. The van der Waals surface area contributed by atoms with Crippen molar-refractivity contribution in [3.8, 4) is 0 Å². The molecule has 9 heteroatoms. The summed E-state index contributed by atoms with van der Waals surface area (Å²) in [6.45, 7) is 0. The Morgan fingerprint density at radius 1 is 1.12 bits per heavy atom. The summed E-state index contributed by atoms with van der Waals surface area (Å²) in [5.41, 5.74) is 2.28. The number of benzene rings is 2. The van der Waals surface area contributed by atoms with E-state index in [1.807, 2.05) is 36.5 Å². The van der Waals surface area contributed by atoms with Crippen LogP contribution in [0, 0.1) is 0 Å². The number of esters is 1. The average molecular weight is 451 g/mol. The SMILES string of the molecule is COC(=O)[C@@H](Cc1c[nH]c2ccccc12)NC(=O)CSCc1nc2ccccc2c(=O)[nH]1. The van der Waals surface area contributed by atoms with Crippen molar-refractivity contribution in [2.75, 3.05) is 12.9 Å². The molecule has 0 radical (unpaired) electrons. The molecule has 0 aliphatic rings. The lowest BCUT2D eigenvalue weighted by Crippen LogP contribution is -2.43. The topological polar surface area (TPSA) is 117 Å². The molecule has 1 amide bonds. The number of thioether (sulfide) groups is 1. The molecule has 2 aromatic heterocycles. The third-order valence-electron chi connectivity index (χ3n) is 5.05. The summed E-state index contributed by atoms with van der Waals surface area (Å²) < 4.78 is 4.88. The molecule has 0 saturated heterocycles. The Morgan fingerprint density at radius 2 is 1.88 bits per heavy atom. The van der Waals surface area contributed by atoms with Crippen LogP contribution in [0.2, 0.25) is 0 Å². The molecule has 164 valence electrons. The van der Waals surface area contributed by atoms with E-state index >= 15 is 0 Å². The number of nitrogens with zero attached hydrogens (tertiary/aromatic N) is 1. The second-order valence-electron chi connectivity index (χ2n) is 7.23. The number of carbonyl (C=O) groups is 2. The largest absolute Gasteiger partial charge is 0.467 e. The van der Waals surface area contributed by atoms with Gasteiger partial charge in [0, 0.05) is 23.5 Å². The molecule has 32 heavy (non-hydrogen) atoms. The van der Waals surface area contributed by atoms with Gasteiger partial charge in [-0.1, -0.05) is 30.3 Å². The van der Waals surface area contributed by atoms with Gasteiger partial charge in [-0.25, -0.2) is 9.78 Å². The van der Waals surface area contributed by atoms with Gasteiger partial charge in [0.05, 0.1) is 29.5 Å². The molecular weight excluding hydrogens is 428 g/mol. The van der Waals surface area contributed by atoms with E-state index in [4.69, 9.17) is 4.74 Å². The molecule has 0 aliphatic heterocycles. The molecule has 2 heterocycles. The predicted molar refractivity (Wildman–Crippen MR) is 124 cm³/mol. The van der Waals surface area contributed by atoms with E-state index in [0.717, 1.165) is 16.5 Å². The highest BCUT2D eigenvalue weighted by Crippen LogP contribution is 2.19. The third-order valence-corrected chi connectivity index (χ3v) is 6.00. The Balaban J connectivity index is 1.37. The fourth-order valence-electron chi connectivity index (χ4n) is 3.54. The van der Waals surface area contributed by atoms with Crippen molar-refractivity contribution in [3.63, 3.8) is 0 Å². The van der Waals surface area contributed by atoms with Gasteiger partial charge < -0.3 is 20.0 Å². The van der Waals surface area contributed by atoms with Crippen LogP contribution in [0.25, 0.3) is 21.8 Å². The average Bonchev–Trinajstić information content (AvgIpc) is 3.21. The Bertz CT molecular complexity index is 1330. The number of para-hydroxylation sites is 2. The number of methoxy groups -OCH3 is 1. The van der Waals surface area contributed by atoms with E-state index in [0.29, 0.717) is 28.9 Å². The lowest BCUT2D eigenvalue weighted by molar-refractivity contribution is -0.144. The first kappa shape index (κ1) is 21.6. The highest BCUT2D eigenvalue weighted by atomic mass is 32.2. The van der Waals surface area contributed by atoms with Gasteiger partial charge in [-0.15, -0.1) is 11.8 Å². The lowest BCUT2D eigenvalue weighted by Gasteiger charge is -2.16. The molecule has 0 fully saturated rings. The number of amides is 1. The van der Waals surface area contributed by atoms with Gasteiger partial charge in [0.2, 0.25) is 5.91 Å². The standard InChI is InChI=1S/C23H22N4O4S/c1-31-23(30)19(10-14-11-24-17-8-4-2-6-15(14)17)26-21(28)13-32-12-20-25-18-9-5-3-7-16(18)22(29)27-20/h2-9,11,19,24H,10,12-13H2,1H3,(H,26,28)(H,25,27,29)/t19-/m1/s1. The molecule has 3 N–H and O–H groups in total. The summed E-state index contributed by atoms with van der Waals surface area (Å²) in [5, 5.41) is 4.28. The smallest absolute Gasteiger partial charge is 0.328 e. The molecule has 2 aromatic carbocycles. The minimum Gasteiger partial charge on any atom is -0.467 e. The Kier molecular flexibility index (Phi) is 6.55. The van der Waals surface area contributed by atoms with E-state index in [1.165, 1.54) is 18.9 Å². The van der Waals surface area contributed by atoms with Crippen LogP contribution in [0.15, 0.2) is 59.5 Å². The van der Waals surface area contributed by atoms with Gasteiger partial charge in [0.15, 0.2) is 0 Å². The van der Waals surface area contributed by atoms with Gasteiger partial charge in [-0.3, -0.25) is 9.59 Å². The van der Waals surface area contributed by atoms with E-state index in [2.05, 4.69) is 20.3 Å². The number of nitrogens with one attached hydrogen (secondary N) is 3. The first-order valence-electron chi connectivity index (χ1n) is 10.0. The molecule has 8 nitrogen and oxygen atoms in total. The van der Waals surface area contributed by atoms with Crippen molar-refractivity contribution in [1.29, 1.82) is 0 Å². The van der Waals surface area contributed by atoms with Crippen molar-refractivity contribution >= 4 is 45.4 Å². The Hall–Kier alpha value is -3.59. The second-order valence-corrected chi connectivity index (χ2v) is 8.22. The molecule has 0 spiro atoms. The highest BCUT2D eigenvalue weighted by molar-refractivity contribution is 7.99. The summed E-state index contributed by atoms with van der Waals surface area (Å²) in [7, 11) is 1.30. The van der Waals surface area contributed by atoms with Crippen LogP contribution in [-0.2, 0) is 26.5 Å². The number of ether oxygens (including phenoxy) is 1. The van der Waals surface area contributed by atoms with Gasteiger partial charge in [-0.05, 0) is 23.8 Å². The minimum atomic E-state index is -0.800. The summed E-state index contributed by atoms with van der Waals surface area (Å²) in [4.78, 5) is 47.3. The molecule has 0 bridgehead atoms. The summed E-state index contributed by atoms with van der Waals surface area (Å²) >= 11 is 1.30. The van der Waals surface area contributed by atoms with Crippen LogP contribution in [0.1, 0.15) is 11.4 Å². The molecule has 0 saturated carbocycles. The van der Waals surface area contributed by atoms with Gasteiger partial charge in [0.1, 0.15) is 11.9 Å². The zero-order valence-corrected chi connectivity index (χ0v) is 18.2. The molecule has 4 aromatic rings. The number of hydrogen-bond acceptors (Lipinski definition) is 6. The Morgan fingerprint density at radius 3 is 2.69 bits per heavy atom. The molecule has 0 unspecified atom stereocenters. The van der Waals surface area contributed by atoms with Crippen molar-refractivity contribution in [2.45, 2.75) is 18.2 Å². The predicted octanol–water partition coefficient (Wildman–Crippen LogP) is 2.54. The first-order chi connectivity index (χ1) is 15.5. The van der Waals surface area contributed by atoms with Crippen LogP contribution in [0.4, 0.5) is 0 Å². The van der Waals surface area contributed by atoms with Gasteiger partial charge in [0.25, 0.3) is 5.56 Å². The van der Waals surface area contributed by atoms with E-state index in [9.17, 15) is 14.4 Å². The minimum absolute atomic E-state index is 0.109. The van der Waals surface area contributed by atoms with Crippen LogP contribution in [-0.4, -0.2) is 45.7 Å². The van der Waals surface area contributed by atoms with E-state index in [-0.39, 0.29) is 17.2 Å². The monoisotopic (exact) mass is 450 g/mol. The normalized spacial score (nSPS) is 12.0. The fraction of sp³-hybridized carbons (Fsp3) is 0.217. The van der Waals surface area contributed by atoms with Crippen LogP contribution in [0.3, 0.4) is 0 Å². The zero-order chi connectivity index (χ0) is 22.5. The second kappa shape index (κ2) is 9.69. The summed E-state index contributed by atoms with van der Waals surface area (Å²) in [6, 6.07) is 14.1. The summed E-state index contributed by atoms with van der Waals surface area (Å²) in [6.07, 6.45) is 2.15. The number of aromatic amines is 2. The molecule has 1 atom stereocenters. The van der Waals surface area contributed by atoms with Crippen molar-refractivity contribution in [1.82, 2.24) is 20.3 Å². The van der Waals surface area contributed by atoms with E-state index < -0.39 is 12.0 Å². The maximum absolute atomic E-state index is 12.5. The van der Waals surface area contributed by atoms with Gasteiger partial charge >= 0.3 is 5.97 Å². The van der Waals surface area contributed by atoms with Gasteiger partial charge in [-0.2, -0.15) is 0 Å². The number of aromatic nitrogens is 3. The fourth-order valence-corrected chi connectivity index (χ4v) is 4.24. The van der Waals surface area contributed by atoms with Crippen molar-refractivity contribution < 1.29 is 14.3 Å². The number of fused-ring (bicyclic) bond motifs is 2. The first-order valence-corrected chi connectivity index (χ1v) is 11.2. The lowest BCUT2D eigenvalue weighted by atomic mass is 10.0.